The maximum atomic E-state index is 3.46. The fraction of sp³-hybridized carbons (Fsp3) is 0.294. The van der Waals surface area contributed by atoms with Gasteiger partial charge in [0.05, 0.1) is 0 Å². The van der Waals surface area contributed by atoms with Crippen molar-refractivity contribution in [1.29, 1.82) is 0 Å². The third kappa shape index (κ3) is 3.46. The van der Waals surface area contributed by atoms with Crippen molar-refractivity contribution < 1.29 is 0 Å². The lowest BCUT2D eigenvalue weighted by atomic mass is 9.97. The topological polar surface area (TPSA) is 0 Å². The van der Waals surface area contributed by atoms with Crippen LogP contribution in [-0.2, 0) is 6.42 Å². The first-order chi connectivity index (χ1) is 8.69. The zero-order valence-corrected chi connectivity index (χ0v) is 12.6. The molecule has 2 aromatic rings. The van der Waals surface area contributed by atoms with E-state index < -0.39 is 0 Å². The molecule has 0 bridgehead atoms. The minimum Gasteiger partial charge on any atom is -0.0651 e. The molecule has 0 amide bonds. The van der Waals surface area contributed by atoms with Crippen molar-refractivity contribution in [3.05, 3.63) is 58.6 Å². The van der Waals surface area contributed by atoms with Crippen molar-refractivity contribution in [2.45, 2.75) is 26.7 Å². The Morgan fingerprint density at radius 1 is 0.889 bits per heavy atom. The monoisotopic (exact) mass is 302 g/mol. The molecule has 0 saturated carbocycles. The van der Waals surface area contributed by atoms with Crippen LogP contribution in [0.1, 0.15) is 25.8 Å². The summed E-state index contributed by atoms with van der Waals surface area (Å²) in [7, 11) is 0. The molecule has 18 heavy (non-hydrogen) atoms. The number of halogens is 1. The van der Waals surface area contributed by atoms with E-state index in [-0.39, 0.29) is 0 Å². The molecule has 0 unspecified atom stereocenters. The fourth-order valence-corrected chi connectivity index (χ4v) is 2.29. The van der Waals surface area contributed by atoms with Gasteiger partial charge in [0.15, 0.2) is 0 Å². The number of hydrogen-bond acceptors (Lipinski definition) is 0. The summed E-state index contributed by atoms with van der Waals surface area (Å²) in [6.45, 7) is 4.56. The van der Waals surface area contributed by atoms with Gasteiger partial charge in [-0.05, 0) is 41.2 Å². The summed E-state index contributed by atoms with van der Waals surface area (Å²) in [6.07, 6.45) is 2.42. The van der Waals surface area contributed by atoms with Gasteiger partial charge in [0.25, 0.3) is 0 Å². The van der Waals surface area contributed by atoms with Crippen LogP contribution in [0.25, 0.3) is 11.1 Å². The van der Waals surface area contributed by atoms with E-state index in [1.165, 1.54) is 29.5 Å². The van der Waals surface area contributed by atoms with Gasteiger partial charge in [0.1, 0.15) is 0 Å². The summed E-state index contributed by atoms with van der Waals surface area (Å²) in [5, 5.41) is 0. The van der Waals surface area contributed by atoms with Crippen LogP contribution in [0.2, 0.25) is 0 Å². The highest BCUT2D eigenvalue weighted by atomic mass is 79.9. The van der Waals surface area contributed by atoms with E-state index in [0.29, 0.717) is 0 Å². The summed E-state index contributed by atoms with van der Waals surface area (Å²) >= 11 is 3.46. The zero-order chi connectivity index (χ0) is 13.0. The number of benzene rings is 2. The highest BCUT2D eigenvalue weighted by Gasteiger charge is 2.02. The van der Waals surface area contributed by atoms with Crippen LogP contribution in [0.5, 0.6) is 0 Å². The molecule has 0 saturated heterocycles. The Balaban J connectivity index is 2.14. The third-order valence-electron chi connectivity index (χ3n) is 3.41. The van der Waals surface area contributed by atoms with Crippen molar-refractivity contribution in [2.24, 2.45) is 5.92 Å². The van der Waals surface area contributed by atoms with E-state index in [4.69, 9.17) is 0 Å². The quantitative estimate of drug-likeness (QED) is 0.679. The highest BCUT2D eigenvalue weighted by Crippen LogP contribution is 2.23. The molecule has 0 aliphatic heterocycles. The zero-order valence-electron chi connectivity index (χ0n) is 11.0. The van der Waals surface area contributed by atoms with Gasteiger partial charge in [-0.25, -0.2) is 0 Å². The highest BCUT2D eigenvalue weighted by molar-refractivity contribution is 9.10. The van der Waals surface area contributed by atoms with Crippen molar-refractivity contribution in [3.8, 4) is 11.1 Å². The van der Waals surface area contributed by atoms with Crippen molar-refractivity contribution in [3.63, 3.8) is 0 Å². The summed E-state index contributed by atoms with van der Waals surface area (Å²) in [5.74, 6) is 0.767. The van der Waals surface area contributed by atoms with Crippen LogP contribution in [0.3, 0.4) is 0 Å². The Kier molecular flexibility index (Phi) is 4.60. The van der Waals surface area contributed by atoms with Crippen LogP contribution in [0.15, 0.2) is 53.0 Å². The van der Waals surface area contributed by atoms with E-state index in [2.05, 4.69) is 78.3 Å². The van der Waals surface area contributed by atoms with E-state index in [9.17, 15) is 0 Å². The Bertz CT molecular complexity index is 482. The van der Waals surface area contributed by atoms with E-state index in [1.807, 2.05) is 0 Å². The molecule has 0 fully saturated rings. The summed E-state index contributed by atoms with van der Waals surface area (Å²) in [6, 6.07) is 17.4. The molecule has 2 aromatic carbocycles. The first kappa shape index (κ1) is 13.4. The maximum absolute atomic E-state index is 3.46. The van der Waals surface area contributed by atoms with Crippen molar-refractivity contribution in [1.82, 2.24) is 0 Å². The van der Waals surface area contributed by atoms with Gasteiger partial charge in [-0.1, -0.05) is 72.6 Å². The molecule has 0 heterocycles. The lowest BCUT2D eigenvalue weighted by molar-refractivity contribution is 0.560. The van der Waals surface area contributed by atoms with Gasteiger partial charge < -0.3 is 0 Å². The second-order valence-corrected chi connectivity index (χ2v) is 5.84. The maximum Gasteiger partial charge on any atom is 0.0175 e. The van der Waals surface area contributed by atoms with Crippen molar-refractivity contribution >= 4 is 15.9 Å². The van der Waals surface area contributed by atoms with Crippen LogP contribution < -0.4 is 0 Å². The smallest absolute Gasteiger partial charge is 0.0175 e. The molecule has 0 spiro atoms. The van der Waals surface area contributed by atoms with Crippen LogP contribution in [-0.4, -0.2) is 0 Å². The molecule has 0 N–H and O–H groups in total. The minimum absolute atomic E-state index is 0.767. The minimum atomic E-state index is 0.767. The number of hydrogen-bond donors (Lipinski definition) is 0. The van der Waals surface area contributed by atoms with Gasteiger partial charge in [-0.3, -0.25) is 0 Å². The third-order valence-corrected chi connectivity index (χ3v) is 3.94. The molecular weight excluding hydrogens is 284 g/mol. The van der Waals surface area contributed by atoms with Crippen LogP contribution in [0, 0.1) is 5.92 Å². The lowest BCUT2D eigenvalue weighted by Gasteiger charge is -2.09. The summed E-state index contributed by atoms with van der Waals surface area (Å²) < 4.78 is 1.12. The van der Waals surface area contributed by atoms with E-state index >= 15 is 0 Å². The fourth-order valence-electron chi connectivity index (χ4n) is 2.02. The van der Waals surface area contributed by atoms with E-state index in [1.54, 1.807) is 0 Å². The Morgan fingerprint density at radius 2 is 1.39 bits per heavy atom. The summed E-state index contributed by atoms with van der Waals surface area (Å²) in [4.78, 5) is 0. The van der Waals surface area contributed by atoms with E-state index in [0.717, 1.165) is 10.4 Å². The molecule has 94 valence electrons. The Morgan fingerprint density at radius 3 is 1.89 bits per heavy atom. The van der Waals surface area contributed by atoms with Gasteiger partial charge in [0, 0.05) is 4.47 Å². The molecule has 0 aliphatic carbocycles. The average Bonchev–Trinajstić information content (AvgIpc) is 2.40. The SMILES string of the molecule is CC[C@@H](C)Cc1ccc(-c2ccc(Br)cc2)cc1. The summed E-state index contributed by atoms with van der Waals surface area (Å²) in [5.41, 5.74) is 3.99. The van der Waals surface area contributed by atoms with Crippen LogP contribution >= 0.6 is 15.9 Å². The van der Waals surface area contributed by atoms with Gasteiger partial charge >= 0.3 is 0 Å². The largest absolute Gasteiger partial charge is 0.0651 e. The second-order valence-electron chi connectivity index (χ2n) is 4.92. The molecule has 0 aliphatic rings. The normalized spacial score (nSPS) is 12.4. The second kappa shape index (κ2) is 6.19. The standard InChI is InChI=1S/C17H19Br/c1-3-13(2)12-14-4-6-15(7-5-14)16-8-10-17(18)11-9-16/h4-11,13H,3,12H2,1-2H3/t13-/m1/s1. The average molecular weight is 303 g/mol. The molecule has 1 atom stereocenters. The predicted molar refractivity (Wildman–Crippen MR) is 82.7 cm³/mol. The Labute approximate surface area is 118 Å². The van der Waals surface area contributed by atoms with Gasteiger partial charge in [0.2, 0.25) is 0 Å². The molecule has 2 rings (SSSR count). The van der Waals surface area contributed by atoms with Gasteiger partial charge in [-0.15, -0.1) is 0 Å². The molecule has 1 heteroatoms. The van der Waals surface area contributed by atoms with Crippen molar-refractivity contribution in [2.75, 3.05) is 0 Å². The lowest BCUT2D eigenvalue weighted by Crippen LogP contribution is -1.97. The molecule has 0 radical (unpaired) electrons. The molecular formula is C17H19Br. The van der Waals surface area contributed by atoms with Crippen LogP contribution in [0.4, 0.5) is 0 Å². The molecule has 0 aromatic heterocycles. The molecule has 0 nitrogen and oxygen atoms in total. The Hall–Kier alpha value is -1.08. The first-order valence-electron chi connectivity index (χ1n) is 6.54. The van der Waals surface area contributed by atoms with Gasteiger partial charge in [-0.2, -0.15) is 0 Å². The predicted octanol–water partition coefficient (Wildman–Crippen LogP) is 5.70. The first-order valence-corrected chi connectivity index (χ1v) is 7.33. The number of rotatable bonds is 4.